The minimum atomic E-state index is -4.54. The molecule has 1 saturated heterocycles. The van der Waals surface area contributed by atoms with Crippen LogP contribution in [0.1, 0.15) is 25.3 Å². The molecule has 21 heavy (non-hydrogen) atoms. The molecule has 4 nitrogen and oxygen atoms in total. The van der Waals surface area contributed by atoms with Crippen molar-refractivity contribution in [3.8, 4) is 0 Å². The molecule has 1 atom stereocenters. The molecule has 0 bridgehead atoms. The highest BCUT2D eigenvalue weighted by Crippen LogP contribution is 2.34. The van der Waals surface area contributed by atoms with Crippen LogP contribution in [0.5, 0.6) is 0 Å². The third-order valence-electron chi connectivity index (χ3n) is 3.45. The highest BCUT2D eigenvalue weighted by atomic mass is 19.4. The molecule has 1 heterocycles. The molecule has 0 spiro atoms. The van der Waals surface area contributed by atoms with E-state index >= 15 is 0 Å². The number of amides is 2. The summed E-state index contributed by atoms with van der Waals surface area (Å²) >= 11 is 0. The summed E-state index contributed by atoms with van der Waals surface area (Å²) in [5.74, 6) is -0.837. The van der Waals surface area contributed by atoms with Crippen LogP contribution in [0.15, 0.2) is 24.3 Å². The number of carbonyl (C=O) groups excluding carboxylic acids is 2. The molecule has 2 rings (SSSR count). The SMILES string of the molecule is CC(=O)N1CCCC1C(=O)Nc1ccccc1C(F)(F)F. The van der Waals surface area contributed by atoms with Crippen LogP contribution in [0, 0.1) is 0 Å². The topological polar surface area (TPSA) is 49.4 Å². The molecule has 1 aromatic rings. The first-order valence-corrected chi connectivity index (χ1v) is 6.55. The number of hydrogen-bond acceptors (Lipinski definition) is 2. The quantitative estimate of drug-likeness (QED) is 0.913. The van der Waals surface area contributed by atoms with E-state index in [4.69, 9.17) is 0 Å². The van der Waals surface area contributed by atoms with Crippen molar-refractivity contribution in [3.63, 3.8) is 0 Å². The molecule has 1 N–H and O–H groups in total. The Bertz CT molecular complexity index is 557. The van der Waals surface area contributed by atoms with Gasteiger partial charge in [0.2, 0.25) is 11.8 Å². The zero-order valence-electron chi connectivity index (χ0n) is 11.4. The van der Waals surface area contributed by atoms with Gasteiger partial charge in [-0.15, -0.1) is 0 Å². The van der Waals surface area contributed by atoms with E-state index in [1.54, 1.807) is 0 Å². The van der Waals surface area contributed by atoms with Gasteiger partial charge in [-0.05, 0) is 25.0 Å². The van der Waals surface area contributed by atoms with Gasteiger partial charge in [-0.25, -0.2) is 0 Å². The van der Waals surface area contributed by atoms with Crippen LogP contribution in [-0.2, 0) is 15.8 Å². The minimum Gasteiger partial charge on any atom is -0.331 e. The standard InChI is InChI=1S/C14H15F3N2O2/c1-9(20)19-8-4-7-12(19)13(21)18-11-6-3-2-5-10(11)14(15,16)17/h2-3,5-6,12H,4,7-8H2,1H3,(H,18,21). The normalized spacial score (nSPS) is 18.7. The third kappa shape index (κ3) is 3.34. The van der Waals surface area contributed by atoms with Gasteiger partial charge >= 0.3 is 6.18 Å². The van der Waals surface area contributed by atoms with Gasteiger partial charge in [-0.2, -0.15) is 13.2 Å². The zero-order chi connectivity index (χ0) is 15.6. The van der Waals surface area contributed by atoms with Crippen molar-refractivity contribution in [2.75, 3.05) is 11.9 Å². The number of nitrogens with one attached hydrogen (secondary N) is 1. The predicted octanol–water partition coefficient (Wildman–Crippen LogP) is 2.65. The van der Waals surface area contributed by atoms with Gasteiger partial charge in [0.1, 0.15) is 6.04 Å². The van der Waals surface area contributed by atoms with Gasteiger partial charge in [0.05, 0.1) is 11.3 Å². The summed E-state index contributed by atoms with van der Waals surface area (Å²) in [4.78, 5) is 24.9. The first-order valence-electron chi connectivity index (χ1n) is 6.55. The Morgan fingerprint density at radius 3 is 2.57 bits per heavy atom. The van der Waals surface area contributed by atoms with Crippen molar-refractivity contribution in [1.29, 1.82) is 0 Å². The zero-order valence-corrected chi connectivity index (χ0v) is 11.4. The molecular weight excluding hydrogens is 285 g/mol. The molecule has 7 heteroatoms. The molecule has 0 aromatic heterocycles. The third-order valence-corrected chi connectivity index (χ3v) is 3.45. The summed E-state index contributed by atoms with van der Waals surface area (Å²) in [7, 11) is 0. The van der Waals surface area contributed by atoms with Crippen molar-refractivity contribution < 1.29 is 22.8 Å². The van der Waals surface area contributed by atoms with Crippen molar-refractivity contribution in [2.45, 2.75) is 32.0 Å². The molecule has 1 unspecified atom stereocenters. The Morgan fingerprint density at radius 2 is 1.95 bits per heavy atom. The smallest absolute Gasteiger partial charge is 0.331 e. The van der Waals surface area contributed by atoms with E-state index in [1.165, 1.54) is 30.0 Å². The van der Waals surface area contributed by atoms with Gasteiger partial charge in [0.25, 0.3) is 0 Å². The first kappa shape index (κ1) is 15.3. The molecular formula is C14H15F3N2O2. The lowest BCUT2D eigenvalue weighted by Gasteiger charge is -2.23. The highest BCUT2D eigenvalue weighted by Gasteiger charge is 2.36. The van der Waals surface area contributed by atoms with Gasteiger partial charge < -0.3 is 10.2 Å². The van der Waals surface area contributed by atoms with E-state index in [0.29, 0.717) is 19.4 Å². The molecule has 1 aromatic carbocycles. The molecule has 1 aliphatic heterocycles. The number of anilines is 1. The second-order valence-corrected chi connectivity index (χ2v) is 4.90. The Balaban J connectivity index is 2.19. The summed E-state index contributed by atoms with van der Waals surface area (Å²) < 4.78 is 38.6. The molecule has 0 saturated carbocycles. The van der Waals surface area contributed by atoms with Crippen LogP contribution in [0.2, 0.25) is 0 Å². The Morgan fingerprint density at radius 1 is 1.29 bits per heavy atom. The monoisotopic (exact) mass is 300 g/mol. The van der Waals surface area contributed by atoms with E-state index in [0.717, 1.165) is 6.07 Å². The summed E-state index contributed by atoms with van der Waals surface area (Å²) in [6.45, 7) is 1.80. The Hall–Kier alpha value is -2.05. The van der Waals surface area contributed by atoms with E-state index in [9.17, 15) is 22.8 Å². The van der Waals surface area contributed by atoms with Crippen molar-refractivity contribution in [1.82, 2.24) is 4.90 Å². The number of para-hydroxylation sites is 1. The first-order chi connectivity index (χ1) is 9.80. The fourth-order valence-corrected chi connectivity index (χ4v) is 2.47. The minimum absolute atomic E-state index is 0.253. The van der Waals surface area contributed by atoms with E-state index in [1.807, 2.05) is 0 Å². The van der Waals surface area contributed by atoms with Crippen LogP contribution >= 0.6 is 0 Å². The molecule has 1 aliphatic rings. The summed E-state index contributed by atoms with van der Waals surface area (Å²) in [5.41, 5.74) is -1.18. The number of rotatable bonds is 2. The average molecular weight is 300 g/mol. The molecule has 2 amide bonds. The van der Waals surface area contributed by atoms with E-state index in [2.05, 4.69) is 5.32 Å². The lowest BCUT2D eigenvalue weighted by atomic mass is 10.1. The van der Waals surface area contributed by atoms with Crippen molar-refractivity contribution >= 4 is 17.5 Å². The maximum Gasteiger partial charge on any atom is 0.418 e. The summed E-state index contributed by atoms with van der Waals surface area (Å²) in [6.07, 6.45) is -3.42. The molecule has 1 fully saturated rings. The Labute approximate surface area is 119 Å². The molecule has 0 radical (unpaired) electrons. The molecule has 0 aliphatic carbocycles. The number of likely N-dealkylation sites (tertiary alicyclic amines) is 1. The maximum atomic E-state index is 12.9. The second kappa shape index (κ2) is 5.75. The summed E-state index contributed by atoms with van der Waals surface area (Å²) in [6, 6.07) is 4.09. The lowest BCUT2D eigenvalue weighted by Crippen LogP contribution is -2.42. The predicted molar refractivity (Wildman–Crippen MR) is 70.5 cm³/mol. The van der Waals surface area contributed by atoms with Crippen LogP contribution in [0.3, 0.4) is 0 Å². The maximum absolute atomic E-state index is 12.9. The van der Waals surface area contributed by atoms with Gasteiger partial charge in [-0.1, -0.05) is 12.1 Å². The van der Waals surface area contributed by atoms with Crippen LogP contribution in [-0.4, -0.2) is 29.3 Å². The van der Waals surface area contributed by atoms with E-state index < -0.39 is 23.7 Å². The highest BCUT2D eigenvalue weighted by molar-refractivity contribution is 5.97. The van der Waals surface area contributed by atoms with Gasteiger partial charge in [0.15, 0.2) is 0 Å². The fourth-order valence-electron chi connectivity index (χ4n) is 2.47. The average Bonchev–Trinajstić information content (AvgIpc) is 2.87. The number of nitrogens with zero attached hydrogens (tertiary/aromatic N) is 1. The van der Waals surface area contributed by atoms with Gasteiger partial charge in [0, 0.05) is 13.5 Å². The van der Waals surface area contributed by atoms with Crippen LogP contribution < -0.4 is 5.32 Å². The largest absolute Gasteiger partial charge is 0.418 e. The lowest BCUT2D eigenvalue weighted by molar-refractivity contribution is -0.137. The second-order valence-electron chi connectivity index (χ2n) is 4.90. The number of alkyl halides is 3. The van der Waals surface area contributed by atoms with Crippen molar-refractivity contribution in [2.24, 2.45) is 0 Å². The number of carbonyl (C=O) groups is 2. The number of benzene rings is 1. The fraction of sp³-hybridized carbons (Fsp3) is 0.429. The van der Waals surface area contributed by atoms with Crippen molar-refractivity contribution in [3.05, 3.63) is 29.8 Å². The molecule has 114 valence electrons. The van der Waals surface area contributed by atoms with Crippen LogP contribution in [0.25, 0.3) is 0 Å². The van der Waals surface area contributed by atoms with Crippen LogP contribution in [0.4, 0.5) is 18.9 Å². The van der Waals surface area contributed by atoms with Gasteiger partial charge in [-0.3, -0.25) is 9.59 Å². The number of hydrogen-bond donors (Lipinski definition) is 1. The summed E-state index contributed by atoms with van der Waals surface area (Å²) in [5, 5.41) is 2.29. The van der Waals surface area contributed by atoms with E-state index in [-0.39, 0.29) is 11.6 Å². The Kier molecular flexibility index (Phi) is 4.20. The number of halogens is 3.